The second kappa shape index (κ2) is 5.75. The molecule has 0 saturated heterocycles. The highest BCUT2D eigenvalue weighted by Gasteiger charge is 2.04. The lowest BCUT2D eigenvalue weighted by molar-refractivity contribution is 0.898. The predicted molar refractivity (Wildman–Crippen MR) is 68.4 cm³/mol. The molecule has 0 heteroatoms. The maximum Gasteiger partial charge on any atom is -0.00129 e. The van der Waals surface area contributed by atoms with Crippen molar-refractivity contribution in [2.75, 3.05) is 0 Å². The summed E-state index contributed by atoms with van der Waals surface area (Å²) >= 11 is 0. The molecule has 0 heterocycles. The van der Waals surface area contributed by atoms with Crippen LogP contribution < -0.4 is 0 Å². The zero-order valence-electron chi connectivity index (χ0n) is 10.2. The summed E-state index contributed by atoms with van der Waals surface area (Å²) in [7, 11) is 0. The lowest BCUT2D eigenvalue weighted by Gasteiger charge is -2.11. The molecule has 1 aromatic carbocycles. The van der Waals surface area contributed by atoms with Crippen molar-refractivity contribution in [3.8, 4) is 0 Å². The summed E-state index contributed by atoms with van der Waals surface area (Å²) in [6.45, 7) is 10.5. The second-order valence-corrected chi connectivity index (χ2v) is 4.21. The fourth-order valence-electron chi connectivity index (χ4n) is 1.83. The van der Waals surface area contributed by atoms with Crippen molar-refractivity contribution in [3.05, 3.63) is 47.5 Å². The van der Waals surface area contributed by atoms with Crippen LogP contribution in [-0.2, 0) is 12.8 Å². The predicted octanol–water partition coefficient (Wildman–Crippen LogP) is 4.49. The van der Waals surface area contributed by atoms with E-state index in [2.05, 4.69) is 45.5 Å². The minimum absolute atomic E-state index is 0.465. The van der Waals surface area contributed by atoms with Crippen LogP contribution in [0.2, 0.25) is 0 Å². The Labute approximate surface area is 94.0 Å². The molecule has 0 nitrogen and oxygen atoms in total. The quantitative estimate of drug-likeness (QED) is 0.617. The number of rotatable bonds is 5. The first-order valence-electron chi connectivity index (χ1n) is 5.96. The van der Waals surface area contributed by atoms with Gasteiger partial charge in [-0.15, -0.1) is 6.58 Å². The van der Waals surface area contributed by atoms with Gasteiger partial charge in [0, 0.05) is 0 Å². The Morgan fingerprint density at radius 3 is 2.40 bits per heavy atom. The molecule has 1 atom stereocenters. The van der Waals surface area contributed by atoms with Crippen molar-refractivity contribution >= 4 is 0 Å². The Hall–Kier alpha value is -1.04. The maximum absolute atomic E-state index is 3.87. The Kier molecular flexibility index (Phi) is 4.61. The van der Waals surface area contributed by atoms with Gasteiger partial charge in [-0.1, -0.05) is 51.5 Å². The molecule has 0 fully saturated rings. The van der Waals surface area contributed by atoms with E-state index in [0.717, 1.165) is 6.42 Å². The summed E-state index contributed by atoms with van der Waals surface area (Å²) in [5, 5.41) is 0. The van der Waals surface area contributed by atoms with E-state index < -0.39 is 0 Å². The van der Waals surface area contributed by atoms with Gasteiger partial charge in [0.1, 0.15) is 0 Å². The fraction of sp³-hybridized carbons (Fsp3) is 0.467. The Bertz CT molecular complexity index is 323. The highest BCUT2D eigenvalue weighted by molar-refractivity contribution is 5.33. The van der Waals surface area contributed by atoms with E-state index in [1.807, 2.05) is 6.08 Å². The van der Waals surface area contributed by atoms with Gasteiger partial charge >= 0.3 is 0 Å². The molecule has 1 rings (SSSR count). The summed E-state index contributed by atoms with van der Waals surface area (Å²) in [5.74, 6) is 0.465. The van der Waals surface area contributed by atoms with Crippen LogP contribution in [0.25, 0.3) is 0 Å². The van der Waals surface area contributed by atoms with Crippen LogP contribution in [0.15, 0.2) is 30.9 Å². The molecule has 0 amide bonds. The summed E-state index contributed by atoms with van der Waals surface area (Å²) in [6, 6.07) is 6.98. The normalized spacial score (nSPS) is 12.5. The molecule has 0 aliphatic carbocycles. The molecule has 0 aromatic heterocycles. The van der Waals surface area contributed by atoms with Crippen molar-refractivity contribution in [2.45, 2.75) is 46.0 Å². The molecule has 1 unspecified atom stereocenters. The van der Waals surface area contributed by atoms with Crippen molar-refractivity contribution < 1.29 is 0 Å². The van der Waals surface area contributed by atoms with Gasteiger partial charge in [0.05, 0.1) is 0 Å². The molecular formula is C15H22. The molecular weight excluding hydrogens is 180 g/mol. The lowest BCUT2D eigenvalue weighted by atomic mass is 9.94. The van der Waals surface area contributed by atoms with Gasteiger partial charge in [0.15, 0.2) is 0 Å². The summed E-state index contributed by atoms with van der Waals surface area (Å²) in [6.07, 6.45) is 5.54. The third-order valence-corrected chi connectivity index (χ3v) is 2.90. The maximum atomic E-state index is 3.87. The highest BCUT2D eigenvalue weighted by Crippen LogP contribution is 2.21. The van der Waals surface area contributed by atoms with Gasteiger partial charge in [0.25, 0.3) is 0 Å². The number of hydrogen-bond donors (Lipinski definition) is 0. The van der Waals surface area contributed by atoms with Crippen LogP contribution in [0.3, 0.4) is 0 Å². The molecule has 0 aliphatic rings. The SMILES string of the molecule is C=CC(C)c1cc(CC)cc(CCC)c1. The smallest absolute Gasteiger partial charge is 0.00129 e. The highest BCUT2D eigenvalue weighted by atomic mass is 14.1. The number of hydrogen-bond acceptors (Lipinski definition) is 0. The molecule has 15 heavy (non-hydrogen) atoms. The minimum atomic E-state index is 0.465. The molecule has 82 valence electrons. The first kappa shape index (κ1) is 12.0. The van der Waals surface area contributed by atoms with Crippen LogP contribution in [0.4, 0.5) is 0 Å². The molecule has 1 aromatic rings. The monoisotopic (exact) mass is 202 g/mol. The topological polar surface area (TPSA) is 0 Å². The molecule has 0 N–H and O–H groups in total. The van der Waals surface area contributed by atoms with Gasteiger partial charge in [-0.25, -0.2) is 0 Å². The zero-order chi connectivity index (χ0) is 11.3. The lowest BCUT2D eigenvalue weighted by Crippen LogP contribution is -1.95. The molecule has 0 aliphatic heterocycles. The van der Waals surface area contributed by atoms with Crippen molar-refractivity contribution in [1.82, 2.24) is 0 Å². The molecule has 0 bridgehead atoms. The average Bonchev–Trinajstić information content (AvgIpc) is 2.28. The number of benzene rings is 1. The van der Waals surface area contributed by atoms with Gasteiger partial charge in [0.2, 0.25) is 0 Å². The van der Waals surface area contributed by atoms with Crippen LogP contribution in [0.5, 0.6) is 0 Å². The Balaban J connectivity index is 3.04. The van der Waals surface area contributed by atoms with Gasteiger partial charge in [-0.05, 0) is 35.4 Å². The third kappa shape index (κ3) is 3.23. The second-order valence-electron chi connectivity index (χ2n) is 4.21. The van der Waals surface area contributed by atoms with Crippen LogP contribution >= 0.6 is 0 Å². The third-order valence-electron chi connectivity index (χ3n) is 2.90. The van der Waals surface area contributed by atoms with E-state index in [0.29, 0.717) is 5.92 Å². The fourth-order valence-corrected chi connectivity index (χ4v) is 1.83. The Morgan fingerprint density at radius 2 is 1.87 bits per heavy atom. The van der Waals surface area contributed by atoms with E-state index in [9.17, 15) is 0 Å². The zero-order valence-corrected chi connectivity index (χ0v) is 10.2. The summed E-state index contributed by atoms with van der Waals surface area (Å²) in [4.78, 5) is 0. The van der Waals surface area contributed by atoms with Crippen molar-refractivity contribution in [1.29, 1.82) is 0 Å². The first-order chi connectivity index (χ1) is 7.21. The van der Waals surface area contributed by atoms with Crippen molar-refractivity contribution in [3.63, 3.8) is 0 Å². The molecule has 0 radical (unpaired) electrons. The number of aryl methyl sites for hydroxylation is 2. The van der Waals surface area contributed by atoms with E-state index in [4.69, 9.17) is 0 Å². The van der Waals surface area contributed by atoms with Crippen LogP contribution in [-0.4, -0.2) is 0 Å². The minimum Gasteiger partial charge on any atom is -0.102 e. The van der Waals surface area contributed by atoms with E-state index in [1.54, 1.807) is 0 Å². The molecule has 0 saturated carbocycles. The van der Waals surface area contributed by atoms with E-state index in [-0.39, 0.29) is 0 Å². The van der Waals surface area contributed by atoms with Gasteiger partial charge < -0.3 is 0 Å². The van der Waals surface area contributed by atoms with E-state index in [1.165, 1.54) is 29.5 Å². The summed E-state index contributed by atoms with van der Waals surface area (Å²) in [5.41, 5.74) is 4.33. The van der Waals surface area contributed by atoms with Gasteiger partial charge in [-0.3, -0.25) is 0 Å². The summed E-state index contributed by atoms with van der Waals surface area (Å²) < 4.78 is 0. The van der Waals surface area contributed by atoms with Gasteiger partial charge in [-0.2, -0.15) is 0 Å². The van der Waals surface area contributed by atoms with E-state index >= 15 is 0 Å². The van der Waals surface area contributed by atoms with Crippen LogP contribution in [0, 0.1) is 0 Å². The largest absolute Gasteiger partial charge is 0.102 e. The van der Waals surface area contributed by atoms with Crippen LogP contribution in [0.1, 0.15) is 49.8 Å². The van der Waals surface area contributed by atoms with Crippen molar-refractivity contribution in [2.24, 2.45) is 0 Å². The number of allylic oxidation sites excluding steroid dienone is 1. The molecule has 0 spiro atoms. The Morgan fingerprint density at radius 1 is 1.20 bits per heavy atom. The first-order valence-corrected chi connectivity index (χ1v) is 5.96. The standard InChI is InChI=1S/C15H22/c1-5-8-14-9-13(7-3)10-15(11-14)12(4)6-2/h6,9-12H,2,5,7-8H2,1,3-4H3. The average molecular weight is 202 g/mol.